The van der Waals surface area contributed by atoms with E-state index >= 15 is 0 Å². The normalized spacial score (nSPS) is 11.1. The Bertz CT molecular complexity index is 1430. The molecule has 0 radical (unpaired) electrons. The summed E-state index contributed by atoms with van der Waals surface area (Å²) in [5, 5.41) is 7.78. The van der Waals surface area contributed by atoms with Crippen LogP contribution in [0.4, 0.5) is 5.69 Å². The van der Waals surface area contributed by atoms with E-state index in [4.69, 9.17) is 4.98 Å². The van der Waals surface area contributed by atoms with Gasteiger partial charge in [0.1, 0.15) is 5.52 Å². The van der Waals surface area contributed by atoms with Gasteiger partial charge in [0.2, 0.25) is 5.91 Å². The van der Waals surface area contributed by atoms with Crippen LogP contribution in [0.25, 0.3) is 11.0 Å². The zero-order valence-electron chi connectivity index (χ0n) is 19.9. The van der Waals surface area contributed by atoms with Gasteiger partial charge in [-0.3, -0.25) is 23.6 Å². The zero-order valence-corrected chi connectivity index (χ0v) is 20.8. The van der Waals surface area contributed by atoms with Crippen molar-refractivity contribution < 1.29 is 9.59 Å². The van der Waals surface area contributed by atoms with Crippen LogP contribution >= 0.6 is 11.8 Å². The van der Waals surface area contributed by atoms with Gasteiger partial charge >= 0.3 is 0 Å². The first-order chi connectivity index (χ1) is 16.9. The van der Waals surface area contributed by atoms with E-state index in [9.17, 15) is 14.4 Å². The van der Waals surface area contributed by atoms with Crippen LogP contribution in [0.5, 0.6) is 0 Å². The maximum atomic E-state index is 13.5. The minimum Gasteiger partial charge on any atom is -0.325 e. The molecule has 8 nitrogen and oxygen atoms in total. The lowest BCUT2D eigenvalue weighted by Crippen LogP contribution is -2.26. The van der Waals surface area contributed by atoms with Crippen LogP contribution < -0.4 is 10.9 Å². The third kappa shape index (κ3) is 5.51. The van der Waals surface area contributed by atoms with Crippen LogP contribution in [-0.2, 0) is 24.3 Å². The van der Waals surface area contributed by atoms with E-state index in [1.807, 2.05) is 44.2 Å². The number of carbonyl (C=O) groups is 2. The highest BCUT2D eigenvalue weighted by Gasteiger charge is 2.19. The molecule has 1 amide bonds. The first-order valence-corrected chi connectivity index (χ1v) is 12.4. The summed E-state index contributed by atoms with van der Waals surface area (Å²) in [6.45, 7) is 6.28. The monoisotopic (exact) mass is 489 g/mol. The van der Waals surface area contributed by atoms with E-state index in [-0.39, 0.29) is 23.0 Å². The number of benzene rings is 2. The molecule has 1 N–H and O–H groups in total. The van der Waals surface area contributed by atoms with E-state index in [1.54, 1.807) is 33.5 Å². The van der Waals surface area contributed by atoms with Crippen LogP contribution in [0.15, 0.2) is 64.5 Å². The van der Waals surface area contributed by atoms with Gasteiger partial charge in [0, 0.05) is 24.3 Å². The van der Waals surface area contributed by atoms with Gasteiger partial charge in [0.05, 0.1) is 11.4 Å². The fraction of sp³-hybridized carbons (Fsp3) is 0.269. The number of rotatable bonds is 9. The molecule has 180 valence electrons. The number of anilines is 1. The molecular formula is C26H27N5O3S. The quantitative estimate of drug-likeness (QED) is 0.216. The van der Waals surface area contributed by atoms with Crippen LogP contribution in [0.3, 0.4) is 0 Å². The van der Waals surface area contributed by atoms with Crippen LogP contribution in [0, 0.1) is 6.92 Å². The topological polar surface area (TPSA) is 98.9 Å². The van der Waals surface area contributed by atoms with Crippen molar-refractivity contribution in [2.75, 3.05) is 11.1 Å². The van der Waals surface area contributed by atoms with E-state index in [0.717, 1.165) is 5.56 Å². The Balaban J connectivity index is 1.58. The lowest BCUT2D eigenvalue weighted by Gasteiger charge is -2.13. The summed E-state index contributed by atoms with van der Waals surface area (Å²) in [5.41, 5.74) is 3.88. The van der Waals surface area contributed by atoms with Gasteiger partial charge in [-0.05, 0) is 57.0 Å². The number of amides is 1. The molecule has 9 heteroatoms. The van der Waals surface area contributed by atoms with Crippen molar-refractivity contribution in [1.82, 2.24) is 19.3 Å². The van der Waals surface area contributed by atoms with Crippen LogP contribution in [-0.4, -0.2) is 36.8 Å². The highest BCUT2D eigenvalue weighted by molar-refractivity contribution is 7.99. The van der Waals surface area contributed by atoms with E-state index in [2.05, 4.69) is 10.4 Å². The number of fused-ring (bicyclic) bond motifs is 1. The second kappa shape index (κ2) is 10.7. The van der Waals surface area contributed by atoms with Crippen molar-refractivity contribution in [3.63, 3.8) is 0 Å². The number of thioether (sulfide) groups is 1. The van der Waals surface area contributed by atoms with Gasteiger partial charge in [0.25, 0.3) is 5.56 Å². The Hall–Kier alpha value is -3.72. The maximum absolute atomic E-state index is 13.5. The third-order valence-electron chi connectivity index (χ3n) is 5.66. The number of ketones is 1. The van der Waals surface area contributed by atoms with E-state index in [1.165, 1.54) is 18.7 Å². The first kappa shape index (κ1) is 24.4. The smallest absolute Gasteiger partial charge is 0.280 e. The number of hydrogen-bond acceptors (Lipinski definition) is 6. The standard InChI is InChI=1S/C26H27N5O3S/c1-4-31-24-23(17(2)29-31)28-26(30(25(24)34)15-14-19-8-6-5-7-9-19)35-16-22(33)27-21-12-10-20(11-13-21)18(3)32/h5-13H,4,14-16H2,1-3H3,(H,27,33). The molecule has 0 aliphatic carbocycles. The van der Waals surface area contributed by atoms with Gasteiger partial charge in [-0.2, -0.15) is 5.10 Å². The number of Topliss-reactive ketones (excluding diaryl/α,β-unsaturated/α-hetero) is 1. The van der Waals surface area contributed by atoms with Crippen molar-refractivity contribution in [3.05, 3.63) is 81.8 Å². The predicted octanol–water partition coefficient (Wildman–Crippen LogP) is 4.10. The Morgan fingerprint density at radius 1 is 1.06 bits per heavy atom. The number of carbonyl (C=O) groups excluding carboxylic acids is 2. The minimum absolute atomic E-state index is 0.0324. The Kier molecular flexibility index (Phi) is 7.45. The number of nitrogens with zero attached hydrogens (tertiary/aromatic N) is 4. The first-order valence-electron chi connectivity index (χ1n) is 11.4. The molecule has 2 aromatic heterocycles. The van der Waals surface area contributed by atoms with Gasteiger partial charge < -0.3 is 5.32 Å². The summed E-state index contributed by atoms with van der Waals surface area (Å²) in [5.74, 6) is -0.177. The Labute approximate surface area is 207 Å². The fourth-order valence-corrected chi connectivity index (χ4v) is 4.64. The molecule has 0 unspecified atom stereocenters. The zero-order chi connectivity index (χ0) is 24.9. The van der Waals surface area contributed by atoms with Crippen molar-refractivity contribution >= 4 is 40.2 Å². The molecule has 0 bridgehead atoms. The van der Waals surface area contributed by atoms with Gasteiger partial charge in [-0.25, -0.2) is 4.98 Å². The number of aryl methyl sites for hydroxylation is 3. The molecule has 4 aromatic rings. The van der Waals surface area contributed by atoms with Crippen LogP contribution in [0.2, 0.25) is 0 Å². The average molecular weight is 490 g/mol. The molecule has 0 fully saturated rings. The molecule has 0 saturated heterocycles. The van der Waals surface area contributed by atoms with E-state index in [0.29, 0.717) is 52.6 Å². The van der Waals surface area contributed by atoms with Gasteiger partial charge in [-0.15, -0.1) is 0 Å². The molecule has 0 saturated carbocycles. The molecule has 4 rings (SSSR count). The summed E-state index contributed by atoms with van der Waals surface area (Å²) < 4.78 is 3.33. The Morgan fingerprint density at radius 2 is 1.77 bits per heavy atom. The largest absolute Gasteiger partial charge is 0.325 e. The second-order valence-electron chi connectivity index (χ2n) is 8.16. The summed E-state index contributed by atoms with van der Waals surface area (Å²) in [4.78, 5) is 42.3. The summed E-state index contributed by atoms with van der Waals surface area (Å²) in [6.07, 6.45) is 0.662. The van der Waals surface area contributed by atoms with Crippen LogP contribution in [0.1, 0.15) is 35.5 Å². The SMILES string of the molecule is CCn1nc(C)c2nc(SCC(=O)Nc3ccc(C(C)=O)cc3)n(CCc3ccccc3)c(=O)c21. The van der Waals surface area contributed by atoms with Crippen molar-refractivity contribution in [3.8, 4) is 0 Å². The third-order valence-corrected chi connectivity index (χ3v) is 6.63. The number of aromatic nitrogens is 4. The lowest BCUT2D eigenvalue weighted by atomic mass is 10.1. The molecule has 0 aliphatic rings. The average Bonchev–Trinajstić information content (AvgIpc) is 3.18. The van der Waals surface area contributed by atoms with E-state index < -0.39 is 0 Å². The second-order valence-corrected chi connectivity index (χ2v) is 9.10. The molecule has 0 atom stereocenters. The summed E-state index contributed by atoms with van der Waals surface area (Å²) in [7, 11) is 0. The molecular weight excluding hydrogens is 462 g/mol. The van der Waals surface area contributed by atoms with Crippen molar-refractivity contribution in [2.24, 2.45) is 0 Å². The molecule has 0 spiro atoms. The fourth-order valence-electron chi connectivity index (χ4n) is 3.83. The number of hydrogen-bond donors (Lipinski definition) is 1. The van der Waals surface area contributed by atoms with Crippen molar-refractivity contribution in [1.29, 1.82) is 0 Å². The molecule has 35 heavy (non-hydrogen) atoms. The summed E-state index contributed by atoms with van der Waals surface area (Å²) >= 11 is 1.22. The van der Waals surface area contributed by atoms with Gasteiger partial charge in [0.15, 0.2) is 16.5 Å². The highest BCUT2D eigenvalue weighted by Crippen LogP contribution is 2.21. The molecule has 0 aliphatic heterocycles. The molecule has 2 aromatic carbocycles. The lowest BCUT2D eigenvalue weighted by molar-refractivity contribution is -0.113. The van der Waals surface area contributed by atoms with Crippen molar-refractivity contribution in [2.45, 2.75) is 45.4 Å². The predicted molar refractivity (Wildman–Crippen MR) is 138 cm³/mol. The van der Waals surface area contributed by atoms with Gasteiger partial charge in [-0.1, -0.05) is 42.1 Å². The summed E-state index contributed by atoms with van der Waals surface area (Å²) in [6, 6.07) is 16.7. The Morgan fingerprint density at radius 3 is 2.43 bits per heavy atom. The highest BCUT2D eigenvalue weighted by atomic mass is 32.2. The number of nitrogens with one attached hydrogen (secondary N) is 1. The molecule has 2 heterocycles. The minimum atomic E-state index is -0.226. The maximum Gasteiger partial charge on any atom is 0.280 e.